The summed E-state index contributed by atoms with van der Waals surface area (Å²) in [6, 6.07) is 13.9. The van der Waals surface area contributed by atoms with Gasteiger partial charge >= 0.3 is 0 Å². The molecule has 0 atom stereocenters. The molecule has 0 aliphatic carbocycles. The molecule has 5 nitrogen and oxygen atoms in total. The third kappa shape index (κ3) is 5.24. The van der Waals surface area contributed by atoms with E-state index in [1.54, 1.807) is 36.4 Å². The molecule has 0 aliphatic heterocycles. The summed E-state index contributed by atoms with van der Waals surface area (Å²) in [4.78, 5) is -0.315. The number of benzene rings is 2. The molecule has 25 heavy (non-hydrogen) atoms. The van der Waals surface area contributed by atoms with E-state index in [2.05, 4.69) is 0 Å². The number of nitrogens with zero attached hydrogens (tertiary/aromatic N) is 1. The second kappa shape index (κ2) is 8.06. The monoisotopic (exact) mass is 377 g/mol. The van der Waals surface area contributed by atoms with Gasteiger partial charge in [0.1, 0.15) is 17.6 Å². The summed E-state index contributed by atoms with van der Waals surface area (Å²) in [5.74, 6) is 0.945. The second-order valence-electron chi connectivity index (χ2n) is 5.22. The molecule has 0 amide bonds. The number of hydrogen-bond donors (Lipinski definition) is 0. The molecule has 130 valence electrons. The first-order valence-corrected chi connectivity index (χ1v) is 9.47. The highest BCUT2D eigenvalue weighted by atomic mass is 35.5. The summed E-state index contributed by atoms with van der Waals surface area (Å²) < 4.78 is 34.1. The fourth-order valence-corrected chi connectivity index (χ4v) is 2.65. The molecular weight excluding hydrogens is 362 g/mol. The topological polar surface area (TPSA) is 76.4 Å². The van der Waals surface area contributed by atoms with Gasteiger partial charge in [-0.15, -0.1) is 0 Å². The van der Waals surface area contributed by atoms with E-state index >= 15 is 0 Å². The molecule has 2 rings (SSSR count). The lowest BCUT2D eigenvalue weighted by Gasteiger charge is -2.11. The lowest BCUT2D eigenvalue weighted by atomic mass is 10.2. The van der Waals surface area contributed by atoms with Gasteiger partial charge in [0.25, 0.3) is 0 Å². The number of halogens is 1. The fraction of sp³-hybridized carbons (Fsp3) is 0.167. The lowest BCUT2D eigenvalue weighted by Crippen LogP contribution is -1.99. The first-order chi connectivity index (χ1) is 11.8. The van der Waals surface area contributed by atoms with Gasteiger partial charge in [0.15, 0.2) is 21.3 Å². The third-order valence-corrected chi connectivity index (χ3v) is 4.56. The molecule has 0 radical (unpaired) electrons. The van der Waals surface area contributed by atoms with Crippen molar-refractivity contribution in [2.45, 2.75) is 6.61 Å². The van der Waals surface area contributed by atoms with Crippen molar-refractivity contribution < 1.29 is 17.9 Å². The maximum atomic E-state index is 11.5. The van der Waals surface area contributed by atoms with Gasteiger partial charge in [-0.3, -0.25) is 0 Å². The van der Waals surface area contributed by atoms with Crippen molar-refractivity contribution in [3.8, 4) is 17.6 Å². The van der Waals surface area contributed by atoms with E-state index < -0.39 is 9.84 Å². The minimum atomic E-state index is -3.58. The van der Waals surface area contributed by atoms with Gasteiger partial charge in [0.2, 0.25) is 0 Å². The van der Waals surface area contributed by atoms with Gasteiger partial charge in [0, 0.05) is 11.3 Å². The van der Waals surface area contributed by atoms with E-state index in [9.17, 15) is 8.42 Å². The highest BCUT2D eigenvalue weighted by molar-refractivity contribution is 7.95. The largest absolute Gasteiger partial charge is 0.493 e. The SMILES string of the molecule is COc1cc(/C=C(\C#N)S(C)(=O)=O)ccc1OCc1ccc(Cl)cc1. The molecule has 0 saturated heterocycles. The van der Waals surface area contributed by atoms with Crippen LogP contribution in [0.5, 0.6) is 11.5 Å². The van der Waals surface area contributed by atoms with Gasteiger partial charge in [-0.25, -0.2) is 8.42 Å². The van der Waals surface area contributed by atoms with Crippen molar-refractivity contribution >= 4 is 27.5 Å². The van der Waals surface area contributed by atoms with Gasteiger partial charge in [0.05, 0.1) is 7.11 Å². The summed E-state index contributed by atoms with van der Waals surface area (Å²) in [6.07, 6.45) is 2.28. The van der Waals surface area contributed by atoms with Crippen molar-refractivity contribution in [3.63, 3.8) is 0 Å². The molecule has 0 aromatic heterocycles. The molecule has 0 bridgehead atoms. The Hall–Kier alpha value is -2.49. The average Bonchev–Trinajstić information content (AvgIpc) is 2.58. The first-order valence-electron chi connectivity index (χ1n) is 7.20. The second-order valence-corrected chi connectivity index (χ2v) is 7.64. The molecule has 0 fully saturated rings. The van der Waals surface area contributed by atoms with Crippen LogP contribution in [-0.2, 0) is 16.4 Å². The Bertz CT molecular complexity index is 929. The number of ether oxygens (including phenoxy) is 2. The molecule has 0 spiro atoms. The van der Waals surface area contributed by atoms with Crippen LogP contribution in [0.15, 0.2) is 47.4 Å². The Kier molecular flexibility index (Phi) is 6.07. The molecule has 0 heterocycles. The highest BCUT2D eigenvalue weighted by Gasteiger charge is 2.12. The summed E-state index contributed by atoms with van der Waals surface area (Å²) in [6.45, 7) is 0.329. The summed E-state index contributed by atoms with van der Waals surface area (Å²) in [5, 5.41) is 9.62. The van der Waals surface area contributed by atoms with Crippen LogP contribution in [0.4, 0.5) is 0 Å². The fourth-order valence-electron chi connectivity index (χ4n) is 2.01. The normalized spacial score (nSPS) is 11.7. The van der Waals surface area contributed by atoms with Crippen LogP contribution in [0, 0.1) is 11.3 Å². The number of rotatable bonds is 6. The predicted molar refractivity (Wildman–Crippen MR) is 97.2 cm³/mol. The van der Waals surface area contributed by atoms with E-state index in [4.69, 9.17) is 26.3 Å². The van der Waals surface area contributed by atoms with Crippen molar-refractivity contribution in [2.24, 2.45) is 0 Å². The summed E-state index contributed by atoms with van der Waals surface area (Å²) >= 11 is 5.85. The van der Waals surface area contributed by atoms with Crippen molar-refractivity contribution in [1.82, 2.24) is 0 Å². The Labute approximate surface area is 152 Å². The van der Waals surface area contributed by atoms with Gasteiger partial charge in [-0.2, -0.15) is 5.26 Å². The smallest absolute Gasteiger partial charge is 0.185 e. The number of allylic oxidation sites excluding steroid dienone is 1. The van der Waals surface area contributed by atoms with E-state index in [1.165, 1.54) is 13.2 Å². The maximum Gasteiger partial charge on any atom is 0.185 e. The molecular formula is C18H16ClNO4S. The molecule has 0 saturated carbocycles. The quantitative estimate of drug-likeness (QED) is 0.715. The minimum absolute atomic E-state index is 0.315. The molecule has 0 N–H and O–H groups in total. The number of nitriles is 1. The van der Waals surface area contributed by atoms with Crippen LogP contribution >= 0.6 is 11.6 Å². The zero-order valence-corrected chi connectivity index (χ0v) is 15.3. The summed E-state index contributed by atoms with van der Waals surface area (Å²) in [7, 11) is -2.09. The standard InChI is InChI=1S/C18H16ClNO4S/c1-23-18-10-14(9-16(11-20)25(2,21)22)5-8-17(18)24-12-13-3-6-15(19)7-4-13/h3-10H,12H2,1-2H3/b16-9+. The van der Waals surface area contributed by atoms with Crippen LogP contribution in [0.2, 0.25) is 5.02 Å². The number of hydrogen-bond acceptors (Lipinski definition) is 5. The molecule has 2 aromatic rings. The summed E-state index contributed by atoms with van der Waals surface area (Å²) in [5.41, 5.74) is 1.47. The van der Waals surface area contributed by atoms with E-state index in [0.717, 1.165) is 11.8 Å². The minimum Gasteiger partial charge on any atom is -0.493 e. The van der Waals surface area contributed by atoms with Crippen LogP contribution in [0.25, 0.3) is 6.08 Å². The van der Waals surface area contributed by atoms with E-state index in [-0.39, 0.29) is 4.91 Å². The third-order valence-electron chi connectivity index (χ3n) is 3.30. The molecule has 0 unspecified atom stereocenters. The van der Waals surface area contributed by atoms with Crippen LogP contribution in [-0.4, -0.2) is 21.8 Å². The Balaban J connectivity index is 2.23. The van der Waals surface area contributed by atoms with Crippen molar-refractivity contribution in [2.75, 3.05) is 13.4 Å². The number of methoxy groups -OCH3 is 1. The Morgan fingerprint density at radius 3 is 2.44 bits per heavy atom. The van der Waals surface area contributed by atoms with Gasteiger partial charge < -0.3 is 9.47 Å². The average molecular weight is 378 g/mol. The zero-order chi connectivity index (χ0) is 18.4. The Morgan fingerprint density at radius 2 is 1.88 bits per heavy atom. The number of sulfone groups is 1. The predicted octanol–water partition coefficient (Wildman–Crippen LogP) is 3.84. The zero-order valence-electron chi connectivity index (χ0n) is 13.7. The molecule has 0 aliphatic rings. The molecule has 7 heteroatoms. The van der Waals surface area contributed by atoms with Crippen LogP contribution in [0.3, 0.4) is 0 Å². The van der Waals surface area contributed by atoms with E-state index in [1.807, 2.05) is 12.1 Å². The van der Waals surface area contributed by atoms with Gasteiger partial charge in [-0.05, 0) is 41.5 Å². The van der Waals surface area contributed by atoms with Crippen LogP contribution in [0.1, 0.15) is 11.1 Å². The lowest BCUT2D eigenvalue weighted by molar-refractivity contribution is 0.284. The van der Waals surface area contributed by atoms with Crippen molar-refractivity contribution in [1.29, 1.82) is 5.26 Å². The van der Waals surface area contributed by atoms with Gasteiger partial charge in [-0.1, -0.05) is 29.8 Å². The highest BCUT2D eigenvalue weighted by Crippen LogP contribution is 2.30. The maximum absolute atomic E-state index is 11.5. The van der Waals surface area contributed by atoms with Crippen molar-refractivity contribution in [3.05, 3.63) is 63.5 Å². The van der Waals surface area contributed by atoms with Crippen LogP contribution < -0.4 is 9.47 Å². The first kappa shape index (κ1) is 18.8. The Morgan fingerprint density at radius 1 is 1.20 bits per heavy atom. The molecule has 2 aromatic carbocycles. The van der Waals surface area contributed by atoms with E-state index in [0.29, 0.717) is 28.7 Å².